The topological polar surface area (TPSA) is 30.3 Å². The third kappa shape index (κ3) is 3.23. The van der Waals surface area contributed by atoms with Crippen LogP contribution in [0.15, 0.2) is 30.6 Å². The number of hydrogen-bond donors (Lipinski definition) is 0. The van der Waals surface area contributed by atoms with Crippen LogP contribution in [-0.2, 0) is 29.8 Å². The zero-order valence-corrected chi connectivity index (χ0v) is 15.8. The fourth-order valence-electron chi connectivity index (χ4n) is 4.38. The Balaban J connectivity index is 1.53. The van der Waals surface area contributed by atoms with Crippen LogP contribution in [0.5, 0.6) is 0 Å². The molecule has 5 heteroatoms. The SMILES string of the molecule is CCn1cc(CN2CC[C@]3(C[C@@H]2C)OCCc2ccc(Cl)cc23)cn1. The molecule has 1 aromatic carbocycles. The highest BCUT2D eigenvalue weighted by Gasteiger charge is 2.43. The molecule has 4 rings (SSSR count). The first-order chi connectivity index (χ1) is 12.1. The minimum absolute atomic E-state index is 0.165. The van der Waals surface area contributed by atoms with E-state index >= 15 is 0 Å². The summed E-state index contributed by atoms with van der Waals surface area (Å²) in [5, 5.41) is 5.21. The molecule has 1 spiro atoms. The number of ether oxygens (including phenoxy) is 1. The smallest absolute Gasteiger partial charge is 0.0961 e. The average molecular weight is 360 g/mol. The fourth-order valence-corrected chi connectivity index (χ4v) is 4.56. The highest BCUT2D eigenvalue weighted by molar-refractivity contribution is 6.30. The van der Waals surface area contributed by atoms with Crippen molar-refractivity contribution in [2.75, 3.05) is 13.2 Å². The van der Waals surface area contributed by atoms with Crippen molar-refractivity contribution in [2.45, 2.75) is 57.8 Å². The molecule has 2 aromatic rings. The van der Waals surface area contributed by atoms with E-state index in [1.807, 2.05) is 16.9 Å². The van der Waals surface area contributed by atoms with Crippen LogP contribution in [0, 0.1) is 0 Å². The third-order valence-corrected chi connectivity index (χ3v) is 6.00. The molecule has 1 aromatic heterocycles. The van der Waals surface area contributed by atoms with Crippen molar-refractivity contribution >= 4 is 11.6 Å². The van der Waals surface area contributed by atoms with Crippen molar-refractivity contribution in [3.63, 3.8) is 0 Å². The van der Waals surface area contributed by atoms with Crippen LogP contribution >= 0.6 is 11.6 Å². The second-order valence-electron chi connectivity index (χ2n) is 7.37. The number of aryl methyl sites for hydroxylation is 1. The van der Waals surface area contributed by atoms with Gasteiger partial charge in [0.05, 0.1) is 18.4 Å². The van der Waals surface area contributed by atoms with Gasteiger partial charge < -0.3 is 4.74 Å². The van der Waals surface area contributed by atoms with Gasteiger partial charge in [-0.1, -0.05) is 17.7 Å². The summed E-state index contributed by atoms with van der Waals surface area (Å²) in [5.41, 5.74) is 3.84. The molecule has 0 radical (unpaired) electrons. The third-order valence-electron chi connectivity index (χ3n) is 5.76. The number of benzene rings is 1. The van der Waals surface area contributed by atoms with Gasteiger partial charge >= 0.3 is 0 Å². The number of piperidine rings is 1. The average Bonchev–Trinajstić information content (AvgIpc) is 3.06. The summed E-state index contributed by atoms with van der Waals surface area (Å²) >= 11 is 6.29. The summed E-state index contributed by atoms with van der Waals surface area (Å²) in [7, 11) is 0. The van der Waals surface area contributed by atoms with Crippen LogP contribution in [-0.4, -0.2) is 33.9 Å². The Labute approximate surface area is 154 Å². The van der Waals surface area contributed by atoms with E-state index in [-0.39, 0.29) is 5.60 Å². The van der Waals surface area contributed by atoms with Gasteiger partial charge in [0.1, 0.15) is 0 Å². The molecule has 0 bridgehead atoms. The Morgan fingerprint density at radius 1 is 1.40 bits per heavy atom. The van der Waals surface area contributed by atoms with E-state index in [0.717, 1.165) is 50.5 Å². The van der Waals surface area contributed by atoms with Crippen LogP contribution < -0.4 is 0 Å². The maximum Gasteiger partial charge on any atom is 0.0961 e. The molecule has 0 N–H and O–H groups in total. The lowest BCUT2D eigenvalue weighted by molar-refractivity contribution is -0.113. The monoisotopic (exact) mass is 359 g/mol. The van der Waals surface area contributed by atoms with Crippen molar-refractivity contribution < 1.29 is 4.74 Å². The van der Waals surface area contributed by atoms with Gasteiger partial charge in [-0.25, -0.2) is 0 Å². The highest BCUT2D eigenvalue weighted by atomic mass is 35.5. The van der Waals surface area contributed by atoms with E-state index in [0.29, 0.717) is 6.04 Å². The molecule has 3 heterocycles. The Morgan fingerprint density at radius 3 is 3.04 bits per heavy atom. The number of aromatic nitrogens is 2. The van der Waals surface area contributed by atoms with Gasteiger partial charge in [-0.2, -0.15) is 5.10 Å². The van der Waals surface area contributed by atoms with E-state index in [2.05, 4.69) is 42.2 Å². The van der Waals surface area contributed by atoms with E-state index in [9.17, 15) is 0 Å². The van der Waals surface area contributed by atoms with Gasteiger partial charge in [0.2, 0.25) is 0 Å². The molecule has 1 saturated heterocycles. The highest BCUT2D eigenvalue weighted by Crippen LogP contribution is 2.44. The lowest BCUT2D eigenvalue weighted by Gasteiger charge is -2.48. The number of likely N-dealkylation sites (tertiary alicyclic amines) is 1. The summed E-state index contributed by atoms with van der Waals surface area (Å²) in [6, 6.07) is 6.77. The molecule has 134 valence electrons. The largest absolute Gasteiger partial charge is 0.370 e. The van der Waals surface area contributed by atoms with Crippen molar-refractivity contribution in [1.29, 1.82) is 0 Å². The summed E-state index contributed by atoms with van der Waals surface area (Å²) in [5.74, 6) is 0. The van der Waals surface area contributed by atoms with E-state index in [1.54, 1.807) is 0 Å². The quantitative estimate of drug-likeness (QED) is 0.829. The second kappa shape index (κ2) is 6.75. The van der Waals surface area contributed by atoms with Gasteiger partial charge in [-0.3, -0.25) is 9.58 Å². The minimum Gasteiger partial charge on any atom is -0.370 e. The Kier molecular flexibility index (Phi) is 4.61. The normalized spacial score (nSPS) is 26.8. The van der Waals surface area contributed by atoms with Crippen LogP contribution in [0.3, 0.4) is 0 Å². The molecule has 0 saturated carbocycles. The molecular weight excluding hydrogens is 334 g/mol. The first-order valence-electron chi connectivity index (χ1n) is 9.28. The Morgan fingerprint density at radius 2 is 2.28 bits per heavy atom. The molecule has 0 amide bonds. The predicted molar refractivity (Wildman–Crippen MR) is 99.8 cm³/mol. The molecule has 25 heavy (non-hydrogen) atoms. The van der Waals surface area contributed by atoms with Gasteiger partial charge in [0, 0.05) is 42.5 Å². The Bertz CT molecular complexity index is 759. The maximum atomic E-state index is 6.38. The number of rotatable bonds is 3. The fraction of sp³-hybridized carbons (Fsp3) is 0.550. The number of halogens is 1. The number of hydrogen-bond acceptors (Lipinski definition) is 3. The van der Waals surface area contributed by atoms with Gasteiger partial charge in [-0.05, 0) is 56.4 Å². The predicted octanol–water partition coefficient (Wildman–Crippen LogP) is 4.01. The molecule has 0 aliphatic carbocycles. The molecule has 1 fully saturated rings. The molecule has 4 nitrogen and oxygen atoms in total. The molecule has 2 aliphatic heterocycles. The second-order valence-corrected chi connectivity index (χ2v) is 7.81. The van der Waals surface area contributed by atoms with Gasteiger partial charge in [0.15, 0.2) is 0 Å². The van der Waals surface area contributed by atoms with Crippen LogP contribution in [0.4, 0.5) is 0 Å². The summed E-state index contributed by atoms with van der Waals surface area (Å²) < 4.78 is 8.37. The lowest BCUT2D eigenvalue weighted by Crippen LogP contribution is -2.50. The summed E-state index contributed by atoms with van der Waals surface area (Å²) in [6.07, 6.45) is 7.17. The first kappa shape index (κ1) is 17.1. The van der Waals surface area contributed by atoms with E-state index < -0.39 is 0 Å². The number of nitrogens with zero attached hydrogens (tertiary/aromatic N) is 3. The van der Waals surface area contributed by atoms with Crippen molar-refractivity contribution in [3.05, 3.63) is 52.3 Å². The number of fused-ring (bicyclic) bond motifs is 2. The van der Waals surface area contributed by atoms with E-state index in [4.69, 9.17) is 16.3 Å². The molecular formula is C20H26ClN3O. The zero-order valence-electron chi connectivity index (χ0n) is 15.0. The lowest BCUT2D eigenvalue weighted by atomic mass is 9.77. The van der Waals surface area contributed by atoms with Crippen LogP contribution in [0.25, 0.3) is 0 Å². The molecule has 2 aliphatic rings. The summed E-state index contributed by atoms with van der Waals surface area (Å²) in [4.78, 5) is 2.55. The van der Waals surface area contributed by atoms with Gasteiger partial charge in [0.25, 0.3) is 0 Å². The standard InChI is InChI=1S/C20H26ClN3O/c1-3-24-14-16(12-22-24)13-23-8-7-20(11-15(23)2)19-10-18(21)5-4-17(19)6-9-25-20/h4-5,10,12,14-15H,3,6-9,11,13H2,1-2H3/t15-,20+/m0/s1. The molecule has 2 atom stereocenters. The van der Waals surface area contributed by atoms with Gasteiger partial charge in [-0.15, -0.1) is 0 Å². The van der Waals surface area contributed by atoms with Crippen molar-refractivity contribution in [2.24, 2.45) is 0 Å². The van der Waals surface area contributed by atoms with Crippen LogP contribution in [0.1, 0.15) is 43.4 Å². The zero-order chi connectivity index (χ0) is 17.4. The maximum absolute atomic E-state index is 6.38. The van der Waals surface area contributed by atoms with E-state index in [1.165, 1.54) is 16.7 Å². The van der Waals surface area contributed by atoms with Crippen molar-refractivity contribution in [1.82, 2.24) is 14.7 Å². The van der Waals surface area contributed by atoms with Crippen LogP contribution in [0.2, 0.25) is 5.02 Å². The minimum atomic E-state index is -0.165. The Hall–Kier alpha value is -1.36. The first-order valence-corrected chi connectivity index (χ1v) is 9.66. The van der Waals surface area contributed by atoms with Crippen molar-refractivity contribution in [3.8, 4) is 0 Å². The summed E-state index contributed by atoms with van der Waals surface area (Å²) in [6.45, 7) is 8.15. The molecule has 0 unspecified atom stereocenters.